The first-order valence-corrected chi connectivity index (χ1v) is 16.9. The largest absolute Gasteiger partial charge is 1.00 e. The van der Waals surface area contributed by atoms with E-state index in [1.54, 1.807) is 42.5 Å². The van der Waals surface area contributed by atoms with Gasteiger partial charge in [0.15, 0.2) is 0 Å². The van der Waals surface area contributed by atoms with E-state index < -0.39 is 35.8 Å². The molecule has 0 bridgehead atoms. The van der Waals surface area contributed by atoms with Crippen molar-refractivity contribution in [3.8, 4) is 0 Å². The van der Waals surface area contributed by atoms with E-state index in [-0.39, 0.29) is 87.4 Å². The number of nitrogen functional groups attached to an aromatic ring is 1. The molecule has 50 heavy (non-hydrogen) atoms. The summed E-state index contributed by atoms with van der Waals surface area (Å²) in [6, 6.07) is 17.8. The Kier molecular flexibility index (Phi) is 12.5. The second-order valence-electron chi connectivity index (χ2n) is 10.5. The maximum absolute atomic E-state index is 12.4. The van der Waals surface area contributed by atoms with E-state index >= 15 is 0 Å². The van der Waals surface area contributed by atoms with Gasteiger partial charge in [-0.1, -0.05) is 78.9 Å². The van der Waals surface area contributed by atoms with Gasteiger partial charge in [0.2, 0.25) is 5.78 Å². The van der Waals surface area contributed by atoms with Crippen molar-refractivity contribution in [2.24, 2.45) is 15.3 Å². The fourth-order valence-electron chi connectivity index (χ4n) is 5.06. The van der Waals surface area contributed by atoms with Crippen molar-refractivity contribution in [3.63, 3.8) is 0 Å². The summed E-state index contributed by atoms with van der Waals surface area (Å²) >= 11 is 0. The van der Waals surface area contributed by atoms with Gasteiger partial charge in [-0.15, -0.1) is 5.10 Å². The van der Waals surface area contributed by atoms with E-state index in [0.717, 1.165) is 28.5 Å². The van der Waals surface area contributed by atoms with Crippen LogP contribution < -0.4 is 70.3 Å². The monoisotopic (exact) mass is 723 g/mol. The Morgan fingerprint density at radius 2 is 1.24 bits per heavy atom. The molecule has 0 saturated heterocycles. The van der Waals surface area contributed by atoms with Crippen molar-refractivity contribution in [1.29, 1.82) is 0 Å². The van der Waals surface area contributed by atoms with Crippen LogP contribution in [0.15, 0.2) is 152 Å². The molecule has 0 fully saturated rings. The predicted molar refractivity (Wildman–Crippen MR) is 184 cm³/mol. The van der Waals surface area contributed by atoms with Crippen molar-refractivity contribution in [1.82, 2.24) is 0 Å². The molecule has 0 atom stereocenters. The Hall–Kier alpha value is -3.80. The van der Waals surface area contributed by atoms with Crippen LogP contribution in [0.25, 0.3) is 16.8 Å². The third kappa shape index (κ3) is 8.73. The molecule has 3 aromatic rings. The Labute approximate surface area is 332 Å². The third-order valence-corrected chi connectivity index (χ3v) is 9.15. The van der Waals surface area contributed by atoms with Gasteiger partial charge >= 0.3 is 59.1 Å². The molecule has 240 valence electrons. The summed E-state index contributed by atoms with van der Waals surface area (Å²) in [4.78, 5) is 11.2. The molecular formula is C34H23N5Na2O7S2. The van der Waals surface area contributed by atoms with Crippen LogP contribution in [0.1, 0.15) is 11.1 Å². The zero-order valence-electron chi connectivity index (χ0n) is 26.6. The first-order valence-electron chi connectivity index (χ1n) is 14.1. The number of fused-ring (bicyclic) bond motifs is 2. The number of allylic oxidation sites excluding steroid dienone is 11. The summed E-state index contributed by atoms with van der Waals surface area (Å²) in [5, 5.41) is 13.8. The van der Waals surface area contributed by atoms with Gasteiger partial charge in [-0.25, -0.2) is 16.8 Å². The molecule has 0 saturated carbocycles. The van der Waals surface area contributed by atoms with Crippen LogP contribution in [-0.4, -0.2) is 48.9 Å². The summed E-state index contributed by atoms with van der Waals surface area (Å²) in [5.41, 5.74) is 11.3. The standard InChI is InChI=1S/C34H25N5O7S2.2Na/c35-29-16-17-30(28-8-4-3-7-27(28)29)38-36-24-14-11-22(32(19-24)47(41,42)43)9-10-23-12-15-25(20-33(23)48(44,45)46)37-39-34-26-6-2-1-5-21(26)13-18-31(34)40;;/h1-20,38H,35H2,(H,41,42,43)(H,44,45,46);;/q;2*+1/p-2. The first kappa shape index (κ1) is 39.0. The van der Waals surface area contributed by atoms with Gasteiger partial charge < -0.3 is 14.8 Å². The molecule has 3 aromatic carbocycles. The molecule has 12 nitrogen and oxygen atoms in total. The quantitative estimate of drug-likeness (QED) is 0.131. The fraction of sp³-hybridized carbons (Fsp3) is 0. The van der Waals surface area contributed by atoms with Crippen LogP contribution in [0.3, 0.4) is 0 Å². The average molecular weight is 724 g/mol. The van der Waals surface area contributed by atoms with Gasteiger partial charge in [0.25, 0.3) is 0 Å². The second kappa shape index (κ2) is 16.0. The normalized spacial score (nSPS) is 19.7. The summed E-state index contributed by atoms with van der Waals surface area (Å²) in [6.45, 7) is 0. The van der Waals surface area contributed by atoms with Gasteiger partial charge in [0.1, 0.15) is 25.9 Å². The topological polar surface area (TPSA) is 207 Å². The SMILES string of the molecule is Nc1ccc(NN=C2C=CC(=CC=C3C=CC(=NN=C4C(=O)C=Cc5ccccc54)C=C3S(=O)(=O)[O-])C(S(=O)(=O)[O-])=C2)c2ccccc12.[Na+].[Na+]. The van der Waals surface area contributed by atoms with Crippen LogP contribution >= 0.6 is 0 Å². The van der Waals surface area contributed by atoms with Gasteiger partial charge in [-0.2, -0.15) is 10.2 Å². The molecule has 3 aliphatic carbocycles. The van der Waals surface area contributed by atoms with Crippen molar-refractivity contribution in [2.75, 3.05) is 11.2 Å². The minimum atomic E-state index is -5.06. The minimum absolute atomic E-state index is 0. The summed E-state index contributed by atoms with van der Waals surface area (Å²) in [6.07, 6.45) is 12.8. The Morgan fingerprint density at radius 1 is 0.660 bits per heavy atom. The molecule has 0 aromatic heterocycles. The number of hydrogen-bond acceptors (Lipinski definition) is 12. The molecule has 0 amide bonds. The molecule has 0 radical (unpaired) electrons. The molecule has 3 N–H and O–H groups in total. The Morgan fingerprint density at radius 3 is 1.90 bits per heavy atom. The second-order valence-corrected chi connectivity index (χ2v) is 13.2. The molecule has 0 heterocycles. The van der Waals surface area contributed by atoms with Crippen LogP contribution in [0.5, 0.6) is 0 Å². The summed E-state index contributed by atoms with van der Waals surface area (Å²) in [7, 11) is -10.1. The maximum Gasteiger partial charge on any atom is 1.00 e. The van der Waals surface area contributed by atoms with E-state index in [4.69, 9.17) is 5.73 Å². The number of hydrogen-bond donors (Lipinski definition) is 2. The molecule has 0 spiro atoms. The number of anilines is 2. The predicted octanol–water partition coefficient (Wildman–Crippen LogP) is -1.51. The van der Waals surface area contributed by atoms with E-state index in [0.29, 0.717) is 16.9 Å². The number of ketones is 1. The number of hydrazone groups is 1. The van der Waals surface area contributed by atoms with E-state index in [2.05, 4.69) is 20.7 Å². The van der Waals surface area contributed by atoms with E-state index in [9.17, 15) is 30.7 Å². The number of benzene rings is 3. The van der Waals surface area contributed by atoms with Crippen LogP contribution in [-0.2, 0) is 25.0 Å². The van der Waals surface area contributed by atoms with Gasteiger partial charge in [0, 0.05) is 22.0 Å². The number of carbonyl (C=O) groups is 1. The molecule has 16 heteroatoms. The van der Waals surface area contributed by atoms with E-state index in [1.807, 2.05) is 24.3 Å². The number of rotatable bonds is 6. The molecule has 3 aliphatic rings. The van der Waals surface area contributed by atoms with Crippen molar-refractivity contribution >= 4 is 71.4 Å². The number of nitrogens with one attached hydrogen (secondary N) is 1. The van der Waals surface area contributed by atoms with Crippen LogP contribution in [0.2, 0.25) is 0 Å². The molecule has 0 aliphatic heterocycles. The molecule has 6 rings (SSSR count). The Balaban J connectivity index is 0.00000281. The van der Waals surface area contributed by atoms with Crippen molar-refractivity contribution < 1.29 is 89.9 Å². The minimum Gasteiger partial charge on any atom is -0.744 e. The van der Waals surface area contributed by atoms with Crippen LogP contribution in [0, 0.1) is 0 Å². The number of carbonyl (C=O) groups excluding carboxylic acids is 1. The number of nitrogens with zero attached hydrogens (tertiary/aromatic N) is 3. The first-order chi connectivity index (χ1) is 22.9. The van der Waals surface area contributed by atoms with Crippen LogP contribution in [0.4, 0.5) is 11.4 Å². The molecule has 0 unspecified atom stereocenters. The summed E-state index contributed by atoms with van der Waals surface area (Å²) in [5.74, 6) is -0.397. The van der Waals surface area contributed by atoms with Gasteiger partial charge in [0.05, 0.1) is 26.9 Å². The zero-order valence-corrected chi connectivity index (χ0v) is 32.3. The zero-order chi connectivity index (χ0) is 34.1. The smallest absolute Gasteiger partial charge is 0.744 e. The van der Waals surface area contributed by atoms with E-state index in [1.165, 1.54) is 42.5 Å². The van der Waals surface area contributed by atoms with Crippen molar-refractivity contribution in [3.05, 3.63) is 147 Å². The van der Waals surface area contributed by atoms with Crippen molar-refractivity contribution in [2.45, 2.75) is 0 Å². The fourth-order valence-corrected chi connectivity index (χ4v) is 6.44. The summed E-state index contributed by atoms with van der Waals surface area (Å²) < 4.78 is 73.2. The number of nitrogens with two attached hydrogens (primary N) is 1. The maximum atomic E-state index is 12.4. The molecular weight excluding hydrogens is 701 g/mol. The third-order valence-electron chi connectivity index (χ3n) is 7.37. The van der Waals surface area contributed by atoms with Gasteiger partial charge in [-0.05, 0) is 59.2 Å². The average Bonchev–Trinajstić information content (AvgIpc) is 3.06. The van der Waals surface area contributed by atoms with Gasteiger partial charge in [-0.3, -0.25) is 10.2 Å². The Bertz CT molecular complexity index is 2460.